The van der Waals surface area contributed by atoms with Crippen molar-refractivity contribution in [2.45, 2.75) is 19.3 Å². The summed E-state index contributed by atoms with van der Waals surface area (Å²) in [4.78, 5) is 16.5. The fraction of sp³-hybridized carbons (Fsp3) is 0.389. The van der Waals surface area contributed by atoms with Crippen molar-refractivity contribution < 1.29 is 9.90 Å². The van der Waals surface area contributed by atoms with Crippen LogP contribution in [0.15, 0.2) is 30.3 Å². The number of rotatable bonds is 2. The van der Waals surface area contributed by atoms with Crippen LogP contribution in [0, 0.1) is 0 Å². The molecule has 1 aliphatic rings. The molecule has 0 atom stereocenters. The molecule has 4 heteroatoms. The molecule has 1 N–H and O–H groups in total. The van der Waals surface area contributed by atoms with E-state index in [4.69, 9.17) is 0 Å². The molecule has 2 aromatic rings. The molecule has 3 rings (SSSR count). The largest absolute Gasteiger partial charge is 0.507 e. The summed E-state index contributed by atoms with van der Waals surface area (Å²) >= 11 is 0. The molecule has 116 valence electrons. The molecule has 1 amide bonds. The van der Waals surface area contributed by atoms with E-state index in [1.54, 1.807) is 6.07 Å². The number of piperidine rings is 1. The third kappa shape index (κ3) is 2.73. The number of benzene rings is 2. The number of hydrogen-bond acceptors (Lipinski definition) is 3. The fourth-order valence-electron chi connectivity index (χ4n) is 3.01. The first-order valence-electron chi connectivity index (χ1n) is 7.79. The van der Waals surface area contributed by atoms with Gasteiger partial charge in [0.05, 0.1) is 0 Å². The Morgan fingerprint density at radius 2 is 1.82 bits per heavy atom. The van der Waals surface area contributed by atoms with Gasteiger partial charge in [0.25, 0.3) is 5.91 Å². The molecular weight excluding hydrogens is 276 g/mol. The molecule has 1 fully saturated rings. The van der Waals surface area contributed by atoms with E-state index in [9.17, 15) is 9.90 Å². The second kappa shape index (κ2) is 5.87. The smallest absolute Gasteiger partial charge is 0.254 e. The van der Waals surface area contributed by atoms with Crippen molar-refractivity contribution in [1.29, 1.82) is 0 Å². The summed E-state index contributed by atoms with van der Waals surface area (Å²) < 4.78 is 0. The minimum atomic E-state index is 0.0218. The van der Waals surface area contributed by atoms with Gasteiger partial charge in [-0.25, -0.2) is 0 Å². The zero-order valence-electron chi connectivity index (χ0n) is 13.2. The Morgan fingerprint density at radius 1 is 1.09 bits per heavy atom. The van der Waals surface area contributed by atoms with Gasteiger partial charge in [0.2, 0.25) is 0 Å². The highest BCUT2D eigenvalue weighted by atomic mass is 16.3. The normalized spacial score (nSPS) is 15.1. The highest BCUT2D eigenvalue weighted by molar-refractivity contribution is 6.01. The van der Waals surface area contributed by atoms with E-state index in [1.165, 1.54) is 6.42 Å². The Labute approximate surface area is 131 Å². The van der Waals surface area contributed by atoms with Crippen LogP contribution in [-0.4, -0.2) is 43.1 Å². The minimum absolute atomic E-state index is 0.0218. The summed E-state index contributed by atoms with van der Waals surface area (Å²) in [5.74, 6) is 0.190. The van der Waals surface area contributed by atoms with Crippen LogP contribution in [-0.2, 0) is 0 Å². The Bertz CT molecular complexity index is 704. The average molecular weight is 298 g/mol. The highest BCUT2D eigenvalue weighted by Crippen LogP contribution is 2.30. The lowest BCUT2D eigenvalue weighted by atomic mass is 10.0. The summed E-state index contributed by atoms with van der Waals surface area (Å²) in [6, 6.07) is 9.37. The number of nitrogens with zero attached hydrogens (tertiary/aromatic N) is 2. The summed E-state index contributed by atoms with van der Waals surface area (Å²) in [7, 11) is 3.93. The second-order valence-electron chi connectivity index (χ2n) is 6.15. The first-order valence-corrected chi connectivity index (χ1v) is 7.79. The van der Waals surface area contributed by atoms with Gasteiger partial charge in [-0.1, -0.05) is 6.07 Å². The maximum Gasteiger partial charge on any atom is 0.254 e. The van der Waals surface area contributed by atoms with Gasteiger partial charge in [0.15, 0.2) is 0 Å². The lowest BCUT2D eigenvalue weighted by molar-refractivity contribution is 0.0724. The standard InChI is InChI=1S/C18H22N2O2/c1-19(2)15-7-6-13-10-14(11-17(21)16(13)12-15)18(22)20-8-4-3-5-9-20/h6-7,10-12,21H,3-5,8-9H2,1-2H3. The number of phenolic OH excluding ortho intramolecular Hbond substituents is 1. The predicted molar refractivity (Wildman–Crippen MR) is 89.7 cm³/mol. The molecule has 4 nitrogen and oxygen atoms in total. The number of phenols is 1. The van der Waals surface area contributed by atoms with Gasteiger partial charge in [-0.15, -0.1) is 0 Å². The van der Waals surface area contributed by atoms with Gasteiger partial charge < -0.3 is 14.9 Å². The molecule has 0 aromatic heterocycles. The van der Waals surface area contributed by atoms with Crippen LogP contribution in [0.25, 0.3) is 10.8 Å². The Morgan fingerprint density at radius 3 is 2.50 bits per heavy atom. The molecule has 0 bridgehead atoms. The second-order valence-corrected chi connectivity index (χ2v) is 6.15. The number of carbonyl (C=O) groups excluding carboxylic acids is 1. The van der Waals surface area contributed by atoms with E-state index >= 15 is 0 Å². The average Bonchev–Trinajstić information content (AvgIpc) is 2.54. The van der Waals surface area contributed by atoms with E-state index in [0.717, 1.165) is 42.4 Å². The Hall–Kier alpha value is -2.23. The molecule has 0 radical (unpaired) electrons. The van der Waals surface area contributed by atoms with Crippen molar-refractivity contribution in [3.05, 3.63) is 35.9 Å². The van der Waals surface area contributed by atoms with Crippen LogP contribution in [0.3, 0.4) is 0 Å². The Balaban J connectivity index is 1.98. The van der Waals surface area contributed by atoms with E-state index in [0.29, 0.717) is 5.56 Å². The Kier molecular flexibility index (Phi) is 3.92. The van der Waals surface area contributed by atoms with Crippen LogP contribution in [0.5, 0.6) is 5.75 Å². The number of hydrogen-bond donors (Lipinski definition) is 1. The molecule has 0 spiro atoms. The summed E-state index contributed by atoms with van der Waals surface area (Å²) in [5, 5.41) is 12.0. The SMILES string of the molecule is CN(C)c1ccc2cc(C(=O)N3CCCCC3)cc(O)c2c1. The zero-order chi connectivity index (χ0) is 15.7. The molecule has 2 aromatic carbocycles. The van der Waals surface area contributed by atoms with Crippen molar-refractivity contribution >= 4 is 22.4 Å². The van der Waals surface area contributed by atoms with Crippen LogP contribution in [0.1, 0.15) is 29.6 Å². The molecule has 0 saturated carbocycles. The van der Waals surface area contributed by atoms with Crippen LogP contribution in [0.2, 0.25) is 0 Å². The number of amides is 1. The summed E-state index contributed by atoms with van der Waals surface area (Å²) in [6.45, 7) is 1.63. The van der Waals surface area contributed by atoms with Gasteiger partial charge in [-0.2, -0.15) is 0 Å². The first kappa shape index (κ1) is 14.7. The predicted octanol–water partition coefficient (Wildman–Crippen LogP) is 3.24. The third-order valence-corrected chi connectivity index (χ3v) is 4.32. The van der Waals surface area contributed by atoms with Gasteiger partial charge >= 0.3 is 0 Å². The van der Waals surface area contributed by atoms with Gasteiger partial charge in [-0.05, 0) is 48.9 Å². The number of fused-ring (bicyclic) bond motifs is 1. The fourth-order valence-corrected chi connectivity index (χ4v) is 3.01. The van der Waals surface area contributed by atoms with Crippen molar-refractivity contribution in [2.24, 2.45) is 0 Å². The highest BCUT2D eigenvalue weighted by Gasteiger charge is 2.19. The first-order chi connectivity index (χ1) is 10.6. The summed E-state index contributed by atoms with van der Waals surface area (Å²) in [6.07, 6.45) is 3.33. The number of carbonyl (C=O) groups is 1. The molecule has 1 aliphatic heterocycles. The molecule has 0 unspecified atom stereocenters. The maximum absolute atomic E-state index is 12.6. The van der Waals surface area contributed by atoms with Gasteiger partial charge in [-0.3, -0.25) is 4.79 Å². The quantitative estimate of drug-likeness (QED) is 0.925. The number of likely N-dealkylation sites (tertiary alicyclic amines) is 1. The van der Waals surface area contributed by atoms with Crippen molar-refractivity contribution in [3.8, 4) is 5.75 Å². The maximum atomic E-state index is 12.6. The molecule has 0 aliphatic carbocycles. The molecular formula is C18H22N2O2. The van der Waals surface area contributed by atoms with Crippen LogP contribution >= 0.6 is 0 Å². The van der Waals surface area contributed by atoms with Crippen molar-refractivity contribution in [3.63, 3.8) is 0 Å². The molecule has 1 saturated heterocycles. The number of aromatic hydroxyl groups is 1. The summed E-state index contributed by atoms with van der Waals surface area (Å²) in [5.41, 5.74) is 1.60. The zero-order valence-corrected chi connectivity index (χ0v) is 13.2. The van der Waals surface area contributed by atoms with Crippen LogP contribution in [0.4, 0.5) is 5.69 Å². The van der Waals surface area contributed by atoms with E-state index in [2.05, 4.69) is 0 Å². The van der Waals surface area contributed by atoms with Gasteiger partial charge in [0, 0.05) is 43.8 Å². The third-order valence-electron chi connectivity index (χ3n) is 4.32. The van der Waals surface area contributed by atoms with Crippen LogP contribution < -0.4 is 4.90 Å². The van der Waals surface area contributed by atoms with Gasteiger partial charge in [0.1, 0.15) is 5.75 Å². The number of anilines is 1. The topological polar surface area (TPSA) is 43.8 Å². The van der Waals surface area contributed by atoms with E-state index in [1.807, 2.05) is 48.2 Å². The molecule has 1 heterocycles. The minimum Gasteiger partial charge on any atom is -0.507 e. The van der Waals surface area contributed by atoms with E-state index in [-0.39, 0.29) is 11.7 Å². The van der Waals surface area contributed by atoms with E-state index < -0.39 is 0 Å². The monoisotopic (exact) mass is 298 g/mol. The lowest BCUT2D eigenvalue weighted by Gasteiger charge is -2.27. The van der Waals surface area contributed by atoms with Crippen molar-refractivity contribution in [2.75, 3.05) is 32.1 Å². The molecule has 22 heavy (non-hydrogen) atoms. The van der Waals surface area contributed by atoms with Crippen molar-refractivity contribution in [1.82, 2.24) is 4.90 Å². The lowest BCUT2D eigenvalue weighted by Crippen LogP contribution is -2.35.